The summed E-state index contributed by atoms with van der Waals surface area (Å²) in [5.74, 6) is 0.740. The molecule has 0 saturated heterocycles. The highest BCUT2D eigenvalue weighted by atomic mass is 79.9. The number of carbonyl (C=O) groups is 1. The molecular weight excluding hydrogens is 468 g/mol. The van der Waals surface area contributed by atoms with Crippen LogP contribution < -0.4 is 0 Å². The van der Waals surface area contributed by atoms with Gasteiger partial charge in [-0.2, -0.15) is 0 Å². The third kappa shape index (κ3) is 5.78. The summed E-state index contributed by atoms with van der Waals surface area (Å²) in [6, 6.07) is 30.4. The topological polar surface area (TPSA) is 26.3 Å². The van der Waals surface area contributed by atoms with Crippen LogP contribution in [0.3, 0.4) is 0 Å². The molecule has 0 aliphatic carbocycles. The third-order valence-corrected chi connectivity index (χ3v) is 6.73. The zero-order valence-electron chi connectivity index (χ0n) is 17.1. The Kier molecular flexibility index (Phi) is 7.44. The highest BCUT2D eigenvalue weighted by Crippen LogP contribution is 2.27. The van der Waals surface area contributed by atoms with Gasteiger partial charge in [0.05, 0.1) is 5.56 Å². The lowest BCUT2D eigenvalue weighted by molar-refractivity contribution is 0.0474. The van der Waals surface area contributed by atoms with E-state index in [4.69, 9.17) is 4.74 Å². The summed E-state index contributed by atoms with van der Waals surface area (Å²) in [6.07, 6.45) is 1.82. The molecular formula is C27H23BrO2S. The third-order valence-electron chi connectivity index (χ3n) is 5.11. The predicted molar refractivity (Wildman–Crippen MR) is 133 cm³/mol. The van der Waals surface area contributed by atoms with Crippen molar-refractivity contribution in [1.82, 2.24) is 0 Å². The minimum absolute atomic E-state index is 0.254. The first-order chi connectivity index (χ1) is 15.2. The maximum Gasteiger partial charge on any atom is 0.339 e. The van der Waals surface area contributed by atoms with E-state index >= 15 is 0 Å². The van der Waals surface area contributed by atoms with E-state index in [0.29, 0.717) is 5.56 Å². The fraction of sp³-hybridized carbons (Fsp3) is 0.148. The summed E-state index contributed by atoms with van der Waals surface area (Å²) in [7, 11) is 0. The molecule has 0 saturated carbocycles. The molecule has 0 aliphatic rings. The molecule has 0 atom stereocenters. The largest absolute Gasteiger partial charge is 0.457 e. The molecule has 0 spiro atoms. The lowest BCUT2D eigenvalue weighted by Crippen LogP contribution is -2.10. The van der Waals surface area contributed by atoms with Crippen LogP contribution >= 0.6 is 27.7 Å². The van der Waals surface area contributed by atoms with Crippen molar-refractivity contribution in [2.75, 3.05) is 5.75 Å². The molecule has 0 N–H and O–H groups in total. The molecule has 4 rings (SSSR count). The normalized spacial score (nSPS) is 10.9. The Morgan fingerprint density at radius 2 is 1.58 bits per heavy atom. The Bertz CT molecular complexity index is 1160. The van der Waals surface area contributed by atoms with Crippen molar-refractivity contribution in [1.29, 1.82) is 0 Å². The maximum absolute atomic E-state index is 13.1. The molecule has 0 aliphatic heterocycles. The number of hydrogen-bond acceptors (Lipinski definition) is 3. The van der Waals surface area contributed by atoms with Crippen LogP contribution in [0.5, 0.6) is 0 Å². The Morgan fingerprint density at radius 1 is 0.839 bits per heavy atom. The molecule has 0 radical (unpaired) electrons. The van der Waals surface area contributed by atoms with Crippen LogP contribution in [0.1, 0.15) is 27.9 Å². The average Bonchev–Trinajstić information content (AvgIpc) is 2.82. The van der Waals surface area contributed by atoms with Crippen molar-refractivity contribution < 1.29 is 9.53 Å². The van der Waals surface area contributed by atoms with Crippen LogP contribution in [0.25, 0.3) is 10.8 Å². The van der Waals surface area contributed by atoms with Crippen molar-refractivity contribution in [2.24, 2.45) is 0 Å². The first-order valence-corrected chi connectivity index (χ1v) is 12.1. The smallest absolute Gasteiger partial charge is 0.339 e. The number of benzene rings is 4. The highest BCUT2D eigenvalue weighted by Gasteiger charge is 2.17. The van der Waals surface area contributed by atoms with E-state index in [2.05, 4.69) is 52.3 Å². The molecule has 4 heteroatoms. The number of rotatable bonds is 8. The summed E-state index contributed by atoms with van der Waals surface area (Å²) >= 11 is 5.31. The van der Waals surface area contributed by atoms with Gasteiger partial charge in [0.1, 0.15) is 6.61 Å². The molecule has 0 aromatic heterocycles. The van der Waals surface area contributed by atoms with Crippen molar-refractivity contribution in [3.63, 3.8) is 0 Å². The van der Waals surface area contributed by atoms with Gasteiger partial charge in [-0.05, 0) is 64.8 Å². The molecule has 4 aromatic rings. The fourth-order valence-corrected chi connectivity index (χ4v) is 4.66. The Labute approximate surface area is 195 Å². The minimum Gasteiger partial charge on any atom is -0.457 e. The van der Waals surface area contributed by atoms with Crippen molar-refractivity contribution in [2.45, 2.75) is 24.3 Å². The predicted octanol–water partition coefficient (Wildman–Crippen LogP) is 7.68. The molecule has 0 fully saturated rings. The van der Waals surface area contributed by atoms with Gasteiger partial charge in [-0.15, -0.1) is 11.8 Å². The zero-order chi connectivity index (χ0) is 21.5. The van der Waals surface area contributed by atoms with Gasteiger partial charge in [-0.3, -0.25) is 0 Å². The monoisotopic (exact) mass is 490 g/mol. The second-order valence-corrected chi connectivity index (χ2v) is 9.37. The van der Waals surface area contributed by atoms with E-state index in [9.17, 15) is 4.79 Å². The number of ether oxygens (including phenoxy) is 1. The SMILES string of the molecule is O=C(OCc1ccccc1)c1c(CCCSc2ccc(Br)cc2)ccc2ccccc12. The van der Waals surface area contributed by atoms with Crippen LogP contribution in [0, 0.1) is 0 Å². The van der Waals surface area contributed by atoms with Crippen LogP contribution in [0.15, 0.2) is 100 Å². The molecule has 2 nitrogen and oxygen atoms in total. The van der Waals surface area contributed by atoms with Gasteiger partial charge in [0, 0.05) is 9.37 Å². The van der Waals surface area contributed by atoms with Crippen LogP contribution in [0.4, 0.5) is 0 Å². The second kappa shape index (κ2) is 10.7. The first kappa shape index (κ1) is 21.7. The first-order valence-electron chi connectivity index (χ1n) is 10.3. The van der Waals surface area contributed by atoms with Gasteiger partial charge >= 0.3 is 5.97 Å². The van der Waals surface area contributed by atoms with Crippen LogP contribution in [0.2, 0.25) is 0 Å². The van der Waals surface area contributed by atoms with Gasteiger partial charge < -0.3 is 4.74 Å². The quantitative estimate of drug-likeness (QED) is 0.144. The summed E-state index contributed by atoms with van der Waals surface area (Å²) in [5.41, 5.74) is 2.74. The molecule has 156 valence electrons. The van der Waals surface area contributed by atoms with Crippen molar-refractivity contribution in [3.05, 3.63) is 112 Å². The van der Waals surface area contributed by atoms with E-state index in [-0.39, 0.29) is 12.6 Å². The number of aryl methyl sites for hydroxylation is 1. The lowest BCUT2D eigenvalue weighted by Gasteiger charge is -2.13. The summed E-state index contributed by atoms with van der Waals surface area (Å²) < 4.78 is 6.79. The number of halogens is 1. The number of thioether (sulfide) groups is 1. The molecule has 0 heterocycles. The molecule has 0 amide bonds. The van der Waals surface area contributed by atoms with E-state index in [0.717, 1.165) is 45.0 Å². The lowest BCUT2D eigenvalue weighted by atomic mass is 9.96. The molecule has 4 aromatic carbocycles. The fourth-order valence-electron chi connectivity index (χ4n) is 3.54. The van der Waals surface area contributed by atoms with Gasteiger partial charge in [-0.1, -0.05) is 82.7 Å². The van der Waals surface area contributed by atoms with Crippen LogP contribution in [-0.4, -0.2) is 11.7 Å². The minimum atomic E-state index is -0.254. The average molecular weight is 491 g/mol. The van der Waals surface area contributed by atoms with Crippen molar-refractivity contribution in [3.8, 4) is 0 Å². The summed E-state index contributed by atoms with van der Waals surface area (Å²) in [4.78, 5) is 14.4. The van der Waals surface area contributed by atoms with E-state index < -0.39 is 0 Å². The highest BCUT2D eigenvalue weighted by molar-refractivity contribution is 9.10. The van der Waals surface area contributed by atoms with Gasteiger partial charge in [0.25, 0.3) is 0 Å². The number of esters is 1. The Morgan fingerprint density at radius 3 is 2.39 bits per heavy atom. The summed E-state index contributed by atoms with van der Waals surface area (Å²) in [5, 5.41) is 2.01. The number of fused-ring (bicyclic) bond motifs is 1. The van der Waals surface area contributed by atoms with Crippen LogP contribution in [-0.2, 0) is 17.8 Å². The second-order valence-electron chi connectivity index (χ2n) is 7.29. The van der Waals surface area contributed by atoms with Crippen molar-refractivity contribution >= 4 is 44.4 Å². The number of carbonyl (C=O) groups excluding carboxylic acids is 1. The molecule has 0 unspecified atom stereocenters. The Balaban J connectivity index is 1.48. The van der Waals surface area contributed by atoms with Gasteiger partial charge in [0.15, 0.2) is 0 Å². The van der Waals surface area contributed by atoms with Gasteiger partial charge in [0.2, 0.25) is 0 Å². The standard InChI is InChI=1S/C27H23BrO2S/c28-23-14-16-24(17-15-23)31-18-6-10-22-13-12-21-9-4-5-11-25(21)26(22)27(29)30-19-20-7-2-1-3-8-20/h1-5,7-9,11-17H,6,10,18-19H2. The molecule has 0 bridgehead atoms. The van der Waals surface area contributed by atoms with E-state index in [1.165, 1.54) is 4.90 Å². The summed E-state index contributed by atoms with van der Waals surface area (Å²) in [6.45, 7) is 0.280. The Hall–Kier alpha value is -2.56. The van der Waals surface area contributed by atoms with E-state index in [1.807, 2.05) is 66.4 Å². The molecule has 31 heavy (non-hydrogen) atoms. The van der Waals surface area contributed by atoms with Gasteiger partial charge in [-0.25, -0.2) is 4.79 Å². The zero-order valence-corrected chi connectivity index (χ0v) is 19.5. The number of hydrogen-bond donors (Lipinski definition) is 0. The van der Waals surface area contributed by atoms with E-state index in [1.54, 1.807) is 0 Å². The maximum atomic E-state index is 13.1.